The van der Waals surface area contributed by atoms with Crippen LogP contribution in [0.15, 0.2) is 24.3 Å². The van der Waals surface area contributed by atoms with Crippen LogP contribution in [0.3, 0.4) is 0 Å². The molecule has 136 valence electrons. The average molecular weight is 347 g/mol. The van der Waals surface area contributed by atoms with Crippen LogP contribution < -0.4 is 5.32 Å². The van der Waals surface area contributed by atoms with Crippen LogP contribution in [0, 0.1) is 5.82 Å². The summed E-state index contributed by atoms with van der Waals surface area (Å²) in [6.45, 7) is 2.29. The number of amides is 3. The third-order valence-corrected chi connectivity index (χ3v) is 5.12. The van der Waals surface area contributed by atoms with Gasteiger partial charge in [-0.05, 0) is 37.0 Å². The summed E-state index contributed by atoms with van der Waals surface area (Å²) in [4.78, 5) is 28.2. The molecule has 2 aliphatic rings. The van der Waals surface area contributed by atoms with Gasteiger partial charge in [-0.15, -0.1) is 0 Å². The van der Waals surface area contributed by atoms with Gasteiger partial charge in [-0.25, -0.2) is 9.18 Å². The third-order valence-electron chi connectivity index (χ3n) is 5.12. The molecule has 6 heteroatoms. The van der Waals surface area contributed by atoms with Crippen molar-refractivity contribution in [2.75, 3.05) is 26.2 Å². The van der Waals surface area contributed by atoms with Crippen molar-refractivity contribution in [3.05, 3.63) is 35.6 Å². The quantitative estimate of drug-likeness (QED) is 0.910. The Bertz CT molecular complexity index is 608. The van der Waals surface area contributed by atoms with Crippen LogP contribution in [0.25, 0.3) is 0 Å². The predicted octanol–water partition coefficient (Wildman–Crippen LogP) is 2.55. The van der Waals surface area contributed by atoms with Crippen LogP contribution in [0.2, 0.25) is 0 Å². The Labute approximate surface area is 148 Å². The van der Waals surface area contributed by atoms with Crippen molar-refractivity contribution in [2.24, 2.45) is 0 Å². The number of hydrogen-bond acceptors (Lipinski definition) is 2. The van der Waals surface area contributed by atoms with Crippen molar-refractivity contribution in [3.8, 4) is 0 Å². The normalized spacial score (nSPS) is 18.4. The standard InChI is InChI=1S/C19H26FN3O2/c20-16-5-3-4-15(14-16)8-9-18(24)22-10-12-23(13-11-22)19(25)21-17-6-1-2-7-17/h3-5,14,17H,1-2,6-13H2,(H,21,25). The highest BCUT2D eigenvalue weighted by Crippen LogP contribution is 2.18. The number of piperazine rings is 1. The van der Waals surface area contributed by atoms with E-state index in [1.165, 1.54) is 25.0 Å². The number of nitrogens with zero attached hydrogens (tertiary/aromatic N) is 2. The van der Waals surface area contributed by atoms with Gasteiger partial charge in [-0.2, -0.15) is 0 Å². The number of urea groups is 1. The minimum Gasteiger partial charge on any atom is -0.339 e. The van der Waals surface area contributed by atoms with Gasteiger partial charge in [0, 0.05) is 38.6 Å². The zero-order valence-corrected chi connectivity index (χ0v) is 14.5. The van der Waals surface area contributed by atoms with Gasteiger partial charge in [-0.3, -0.25) is 4.79 Å². The van der Waals surface area contributed by atoms with Crippen molar-refractivity contribution in [1.29, 1.82) is 0 Å². The van der Waals surface area contributed by atoms with E-state index in [1.807, 2.05) is 6.07 Å². The maximum absolute atomic E-state index is 13.2. The number of carbonyl (C=O) groups excluding carboxylic acids is 2. The minimum absolute atomic E-state index is 0.00115. The zero-order valence-electron chi connectivity index (χ0n) is 14.5. The molecule has 25 heavy (non-hydrogen) atoms. The number of halogens is 1. The summed E-state index contributed by atoms with van der Waals surface area (Å²) >= 11 is 0. The van der Waals surface area contributed by atoms with E-state index in [0.29, 0.717) is 45.1 Å². The zero-order chi connectivity index (χ0) is 17.6. The summed E-state index contributed by atoms with van der Waals surface area (Å²) < 4.78 is 13.2. The van der Waals surface area contributed by atoms with Gasteiger partial charge in [-0.1, -0.05) is 25.0 Å². The predicted molar refractivity (Wildman–Crippen MR) is 93.7 cm³/mol. The molecular weight excluding hydrogens is 321 g/mol. The molecule has 1 aromatic rings. The fraction of sp³-hybridized carbons (Fsp3) is 0.579. The molecule has 0 bridgehead atoms. The van der Waals surface area contributed by atoms with Crippen LogP contribution in [-0.2, 0) is 11.2 Å². The molecule has 1 saturated carbocycles. The Hall–Kier alpha value is -2.11. The van der Waals surface area contributed by atoms with Gasteiger partial charge in [0.1, 0.15) is 5.82 Å². The number of nitrogens with one attached hydrogen (secondary N) is 1. The van der Waals surface area contributed by atoms with Crippen LogP contribution in [0.4, 0.5) is 9.18 Å². The van der Waals surface area contributed by atoms with Crippen molar-refractivity contribution in [3.63, 3.8) is 0 Å². The first-order valence-electron chi connectivity index (χ1n) is 9.19. The van der Waals surface area contributed by atoms with Gasteiger partial charge in [0.2, 0.25) is 5.91 Å². The molecule has 1 N–H and O–H groups in total. The highest BCUT2D eigenvalue weighted by atomic mass is 19.1. The molecule has 0 radical (unpaired) electrons. The van der Waals surface area contributed by atoms with E-state index in [1.54, 1.807) is 15.9 Å². The lowest BCUT2D eigenvalue weighted by Crippen LogP contribution is -2.54. The second kappa shape index (κ2) is 8.32. The molecule has 2 fully saturated rings. The fourth-order valence-corrected chi connectivity index (χ4v) is 3.60. The fourth-order valence-electron chi connectivity index (χ4n) is 3.60. The molecule has 0 aromatic heterocycles. The van der Waals surface area contributed by atoms with Crippen molar-refractivity contribution < 1.29 is 14.0 Å². The molecule has 3 rings (SSSR count). The average Bonchev–Trinajstić information content (AvgIpc) is 3.13. The second-order valence-corrected chi connectivity index (χ2v) is 6.93. The number of hydrogen-bond donors (Lipinski definition) is 1. The number of rotatable bonds is 4. The summed E-state index contributed by atoms with van der Waals surface area (Å²) in [5.41, 5.74) is 0.836. The summed E-state index contributed by atoms with van der Waals surface area (Å²) in [7, 11) is 0. The van der Waals surface area contributed by atoms with Crippen molar-refractivity contribution >= 4 is 11.9 Å². The lowest BCUT2D eigenvalue weighted by atomic mass is 10.1. The molecule has 1 aliphatic heterocycles. The molecular formula is C19H26FN3O2. The van der Waals surface area contributed by atoms with E-state index in [-0.39, 0.29) is 17.8 Å². The van der Waals surface area contributed by atoms with E-state index in [0.717, 1.165) is 18.4 Å². The number of aryl methyl sites for hydroxylation is 1. The molecule has 1 saturated heterocycles. The molecule has 5 nitrogen and oxygen atoms in total. The number of benzene rings is 1. The highest BCUT2D eigenvalue weighted by Gasteiger charge is 2.26. The van der Waals surface area contributed by atoms with E-state index in [4.69, 9.17) is 0 Å². The highest BCUT2D eigenvalue weighted by molar-refractivity contribution is 5.78. The van der Waals surface area contributed by atoms with Crippen LogP contribution in [0.5, 0.6) is 0 Å². The second-order valence-electron chi connectivity index (χ2n) is 6.93. The Kier molecular flexibility index (Phi) is 5.89. The summed E-state index contributed by atoms with van der Waals surface area (Å²) in [5, 5.41) is 3.09. The van der Waals surface area contributed by atoms with Crippen LogP contribution >= 0.6 is 0 Å². The smallest absolute Gasteiger partial charge is 0.317 e. The van der Waals surface area contributed by atoms with E-state index in [2.05, 4.69) is 5.32 Å². The first-order valence-corrected chi connectivity index (χ1v) is 9.19. The first-order chi connectivity index (χ1) is 12.1. The summed E-state index contributed by atoms with van der Waals surface area (Å²) in [6, 6.07) is 6.69. The third kappa shape index (κ3) is 4.94. The molecule has 0 atom stereocenters. The van der Waals surface area contributed by atoms with Gasteiger partial charge < -0.3 is 15.1 Å². The van der Waals surface area contributed by atoms with Crippen molar-refractivity contribution in [1.82, 2.24) is 15.1 Å². The van der Waals surface area contributed by atoms with E-state index >= 15 is 0 Å². The minimum atomic E-state index is -0.271. The van der Waals surface area contributed by atoms with Crippen molar-refractivity contribution in [2.45, 2.75) is 44.6 Å². The maximum Gasteiger partial charge on any atom is 0.317 e. The molecule has 1 heterocycles. The van der Waals surface area contributed by atoms with Gasteiger partial charge in [0.15, 0.2) is 0 Å². The SMILES string of the molecule is O=C(CCc1cccc(F)c1)N1CCN(C(=O)NC2CCCC2)CC1. The Balaban J connectivity index is 1.40. The van der Waals surface area contributed by atoms with E-state index in [9.17, 15) is 14.0 Å². The molecule has 0 spiro atoms. The first kappa shape index (κ1) is 17.7. The van der Waals surface area contributed by atoms with Crippen LogP contribution in [0.1, 0.15) is 37.7 Å². The van der Waals surface area contributed by atoms with Crippen LogP contribution in [-0.4, -0.2) is 54.0 Å². The number of carbonyl (C=O) groups is 2. The lowest BCUT2D eigenvalue weighted by molar-refractivity contribution is -0.132. The summed E-state index contributed by atoms with van der Waals surface area (Å²) in [5.74, 6) is -0.202. The summed E-state index contributed by atoms with van der Waals surface area (Å²) in [6.07, 6.45) is 5.45. The maximum atomic E-state index is 13.2. The molecule has 1 aliphatic carbocycles. The van der Waals surface area contributed by atoms with Gasteiger partial charge in [0.05, 0.1) is 0 Å². The monoisotopic (exact) mass is 347 g/mol. The Morgan fingerprint density at radius 3 is 2.44 bits per heavy atom. The van der Waals surface area contributed by atoms with Gasteiger partial charge >= 0.3 is 6.03 Å². The van der Waals surface area contributed by atoms with Gasteiger partial charge in [0.25, 0.3) is 0 Å². The largest absolute Gasteiger partial charge is 0.339 e. The topological polar surface area (TPSA) is 52.7 Å². The van der Waals surface area contributed by atoms with E-state index < -0.39 is 0 Å². The lowest BCUT2D eigenvalue weighted by Gasteiger charge is -2.35. The molecule has 3 amide bonds. The molecule has 0 unspecified atom stereocenters. The molecule has 1 aromatic carbocycles. The Morgan fingerprint density at radius 2 is 1.76 bits per heavy atom. The Morgan fingerprint density at radius 1 is 1.08 bits per heavy atom.